The molecule has 0 bridgehead atoms. The lowest BCUT2D eigenvalue weighted by Gasteiger charge is -2.30. The second-order valence-corrected chi connectivity index (χ2v) is 8.12. The maximum atomic E-state index is 13.4. The number of hydrogen-bond donors (Lipinski definition) is 2. The highest BCUT2D eigenvalue weighted by molar-refractivity contribution is 6.30. The summed E-state index contributed by atoms with van der Waals surface area (Å²) in [7, 11) is 0. The lowest BCUT2D eigenvalue weighted by Crippen LogP contribution is -2.45. The minimum atomic E-state index is -0.698. The Labute approximate surface area is 190 Å². The molecule has 0 unspecified atom stereocenters. The normalized spacial score (nSPS) is 14.1. The summed E-state index contributed by atoms with van der Waals surface area (Å²) in [5.41, 5.74) is 4.35. The number of aromatic nitrogens is 3. The fourth-order valence-electron chi connectivity index (χ4n) is 3.68. The van der Waals surface area contributed by atoms with Crippen LogP contribution in [0.4, 0.5) is 9.18 Å². The minimum absolute atomic E-state index is 0.0600. The first-order valence-electron chi connectivity index (χ1n) is 10.3. The Kier molecular flexibility index (Phi) is 6.62. The van der Waals surface area contributed by atoms with Crippen molar-refractivity contribution in [2.45, 2.75) is 32.4 Å². The number of nitrogens with one attached hydrogen (secondary N) is 1. The Bertz CT molecular complexity index is 1140. The SMILES string of the molecule is Cc1ncccc1Cc1ncc2c(n1)CN(C(=O)N[C@H](CO)c1ccc(F)c(Cl)c1)CC2. The van der Waals surface area contributed by atoms with E-state index in [4.69, 9.17) is 16.6 Å². The molecule has 2 N–H and O–H groups in total. The zero-order valence-corrected chi connectivity index (χ0v) is 18.3. The number of aryl methyl sites for hydroxylation is 1. The second-order valence-electron chi connectivity index (χ2n) is 7.71. The largest absolute Gasteiger partial charge is 0.394 e. The summed E-state index contributed by atoms with van der Waals surface area (Å²) in [4.78, 5) is 28.0. The summed E-state index contributed by atoms with van der Waals surface area (Å²) in [5, 5.41) is 12.5. The van der Waals surface area contributed by atoms with Gasteiger partial charge in [-0.2, -0.15) is 0 Å². The Morgan fingerprint density at radius 3 is 2.94 bits per heavy atom. The van der Waals surface area contributed by atoms with Crippen LogP contribution >= 0.6 is 11.6 Å². The smallest absolute Gasteiger partial charge is 0.318 e. The summed E-state index contributed by atoms with van der Waals surface area (Å²) < 4.78 is 13.4. The number of urea groups is 1. The van der Waals surface area contributed by atoms with Crippen LogP contribution in [0.15, 0.2) is 42.7 Å². The number of rotatable bonds is 5. The first kappa shape index (κ1) is 22.1. The second kappa shape index (κ2) is 9.58. The molecule has 0 saturated heterocycles. The van der Waals surface area contributed by atoms with Crippen molar-refractivity contribution in [3.05, 3.63) is 87.5 Å². The molecule has 7 nitrogen and oxygen atoms in total. The highest BCUT2D eigenvalue weighted by Gasteiger charge is 2.25. The molecule has 1 aliphatic rings. The van der Waals surface area contributed by atoms with E-state index in [0.717, 1.165) is 22.5 Å². The first-order chi connectivity index (χ1) is 15.4. The van der Waals surface area contributed by atoms with Crippen molar-refractivity contribution in [2.75, 3.05) is 13.2 Å². The minimum Gasteiger partial charge on any atom is -0.394 e. The van der Waals surface area contributed by atoms with Crippen molar-refractivity contribution in [1.82, 2.24) is 25.2 Å². The van der Waals surface area contributed by atoms with Gasteiger partial charge in [0.2, 0.25) is 0 Å². The van der Waals surface area contributed by atoms with Crippen molar-refractivity contribution in [2.24, 2.45) is 0 Å². The van der Waals surface area contributed by atoms with Crippen LogP contribution in [-0.4, -0.2) is 44.1 Å². The summed E-state index contributed by atoms with van der Waals surface area (Å²) in [5.74, 6) is 0.124. The standard InChI is InChI=1S/C23H23ClFN5O2/c1-14-15(3-2-7-26-14)10-22-27-11-17-6-8-30(12-20(17)28-22)23(32)29-21(13-31)16-4-5-19(25)18(24)9-16/h2-5,7,9,11,21,31H,6,8,10,12-13H2,1H3,(H,29,32)/t21-/m1/s1. The van der Waals surface area contributed by atoms with E-state index in [-0.39, 0.29) is 17.7 Å². The van der Waals surface area contributed by atoms with Crippen LogP contribution in [0.1, 0.15) is 39.9 Å². The van der Waals surface area contributed by atoms with E-state index in [1.54, 1.807) is 11.1 Å². The summed E-state index contributed by atoms with van der Waals surface area (Å²) >= 11 is 5.84. The van der Waals surface area contributed by atoms with Gasteiger partial charge in [-0.15, -0.1) is 0 Å². The fourth-order valence-corrected chi connectivity index (χ4v) is 3.87. The van der Waals surface area contributed by atoms with Gasteiger partial charge in [-0.05, 0) is 48.2 Å². The van der Waals surface area contributed by atoms with Gasteiger partial charge in [0.15, 0.2) is 0 Å². The van der Waals surface area contributed by atoms with Crippen LogP contribution in [0.2, 0.25) is 5.02 Å². The number of aliphatic hydroxyl groups excluding tert-OH is 1. The Morgan fingerprint density at radius 2 is 2.19 bits per heavy atom. The van der Waals surface area contributed by atoms with Crippen molar-refractivity contribution in [3.63, 3.8) is 0 Å². The van der Waals surface area contributed by atoms with Gasteiger partial charge in [0, 0.05) is 31.1 Å². The van der Waals surface area contributed by atoms with E-state index in [0.29, 0.717) is 37.3 Å². The van der Waals surface area contributed by atoms with Crippen molar-refractivity contribution < 1.29 is 14.3 Å². The van der Waals surface area contributed by atoms with Crippen molar-refractivity contribution in [1.29, 1.82) is 0 Å². The van der Waals surface area contributed by atoms with Crippen LogP contribution in [0.3, 0.4) is 0 Å². The van der Waals surface area contributed by atoms with Crippen LogP contribution in [0.25, 0.3) is 0 Å². The summed E-state index contributed by atoms with van der Waals surface area (Å²) in [6, 6.07) is 6.97. The molecule has 1 aliphatic heterocycles. The number of pyridine rings is 1. The van der Waals surface area contributed by atoms with Gasteiger partial charge in [0.05, 0.1) is 29.9 Å². The van der Waals surface area contributed by atoms with Gasteiger partial charge in [0.25, 0.3) is 0 Å². The zero-order chi connectivity index (χ0) is 22.7. The maximum absolute atomic E-state index is 13.4. The third-order valence-corrected chi connectivity index (χ3v) is 5.86. The zero-order valence-electron chi connectivity index (χ0n) is 17.6. The lowest BCUT2D eigenvalue weighted by atomic mass is 10.1. The molecule has 2 aromatic heterocycles. The highest BCUT2D eigenvalue weighted by atomic mass is 35.5. The average molecular weight is 456 g/mol. The number of halogens is 2. The fraction of sp³-hybridized carbons (Fsp3) is 0.304. The van der Waals surface area contributed by atoms with Gasteiger partial charge in [-0.1, -0.05) is 23.7 Å². The van der Waals surface area contributed by atoms with E-state index < -0.39 is 11.9 Å². The number of carbonyl (C=O) groups excluding carboxylic acids is 1. The quantitative estimate of drug-likeness (QED) is 0.615. The monoisotopic (exact) mass is 455 g/mol. The maximum Gasteiger partial charge on any atom is 0.318 e. The van der Waals surface area contributed by atoms with Gasteiger partial charge in [0.1, 0.15) is 11.6 Å². The molecule has 0 fully saturated rings. The number of benzene rings is 1. The Balaban J connectivity index is 1.46. The lowest BCUT2D eigenvalue weighted by molar-refractivity contribution is 0.176. The number of hydrogen-bond acceptors (Lipinski definition) is 5. The molecule has 0 spiro atoms. The summed E-state index contributed by atoms with van der Waals surface area (Å²) in [6.07, 6.45) is 4.79. The predicted octanol–water partition coefficient (Wildman–Crippen LogP) is 3.36. The predicted molar refractivity (Wildman–Crippen MR) is 118 cm³/mol. The number of amides is 2. The molecule has 1 atom stereocenters. The van der Waals surface area contributed by atoms with E-state index in [1.807, 2.05) is 25.3 Å². The molecule has 4 rings (SSSR count). The van der Waals surface area contributed by atoms with Crippen LogP contribution < -0.4 is 5.32 Å². The molecule has 0 saturated carbocycles. The van der Waals surface area contributed by atoms with Gasteiger partial charge >= 0.3 is 6.03 Å². The van der Waals surface area contributed by atoms with E-state index >= 15 is 0 Å². The molecule has 1 aromatic carbocycles. The number of aliphatic hydroxyl groups is 1. The van der Waals surface area contributed by atoms with Crippen molar-refractivity contribution >= 4 is 17.6 Å². The van der Waals surface area contributed by atoms with E-state index in [2.05, 4.69) is 15.3 Å². The molecule has 32 heavy (non-hydrogen) atoms. The third kappa shape index (κ3) is 4.87. The van der Waals surface area contributed by atoms with Gasteiger partial charge in [-0.25, -0.2) is 19.2 Å². The summed E-state index contributed by atoms with van der Waals surface area (Å²) in [6.45, 7) is 2.46. The first-order valence-corrected chi connectivity index (χ1v) is 10.7. The van der Waals surface area contributed by atoms with E-state index in [1.165, 1.54) is 18.2 Å². The van der Waals surface area contributed by atoms with Crippen LogP contribution in [-0.2, 0) is 19.4 Å². The van der Waals surface area contributed by atoms with Crippen LogP contribution in [0, 0.1) is 12.7 Å². The topological polar surface area (TPSA) is 91.2 Å². The molecule has 3 aromatic rings. The molecule has 2 amide bonds. The Morgan fingerprint density at radius 1 is 1.34 bits per heavy atom. The molecule has 0 radical (unpaired) electrons. The van der Waals surface area contributed by atoms with Crippen LogP contribution in [0.5, 0.6) is 0 Å². The Hall–Kier alpha value is -3.10. The number of nitrogens with zero attached hydrogens (tertiary/aromatic N) is 4. The third-order valence-electron chi connectivity index (χ3n) is 5.57. The molecular weight excluding hydrogens is 433 g/mol. The van der Waals surface area contributed by atoms with E-state index in [9.17, 15) is 14.3 Å². The van der Waals surface area contributed by atoms with Gasteiger partial charge in [-0.3, -0.25) is 4.98 Å². The van der Waals surface area contributed by atoms with Gasteiger partial charge < -0.3 is 15.3 Å². The molecule has 166 valence electrons. The average Bonchev–Trinajstić information content (AvgIpc) is 2.80. The number of carbonyl (C=O) groups is 1. The highest BCUT2D eigenvalue weighted by Crippen LogP contribution is 2.22. The molecule has 9 heteroatoms. The number of fused-ring (bicyclic) bond motifs is 1. The molecule has 0 aliphatic carbocycles. The molecular formula is C23H23ClFN5O2. The van der Waals surface area contributed by atoms with Crippen molar-refractivity contribution in [3.8, 4) is 0 Å². The molecule has 3 heterocycles.